The Morgan fingerprint density at radius 3 is 2.61 bits per heavy atom. The van der Waals surface area contributed by atoms with Crippen LogP contribution in [0, 0.1) is 13.8 Å². The fourth-order valence-electron chi connectivity index (χ4n) is 3.39. The molecule has 1 N–H and O–H groups in total. The molecule has 2 aromatic heterocycles. The zero-order chi connectivity index (χ0) is 19.7. The van der Waals surface area contributed by atoms with Crippen LogP contribution >= 0.6 is 0 Å². The summed E-state index contributed by atoms with van der Waals surface area (Å²) >= 11 is 0. The van der Waals surface area contributed by atoms with Gasteiger partial charge in [0.2, 0.25) is 0 Å². The number of nitrogens with zero attached hydrogens (tertiary/aromatic N) is 4. The van der Waals surface area contributed by atoms with Crippen LogP contribution < -0.4 is 5.32 Å². The summed E-state index contributed by atoms with van der Waals surface area (Å²) in [5, 5.41) is 7.24. The normalized spacial score (nSPS) is 12.1. The van der Waals surface area contributed by atoms with Crippen LogP contribution in [-0.4, -0.2) is 25.5 Å². The number of benzene rings is 2. The Labute approximate surface area is 163 Å². The molecular formula is C22H21N5O. The molecule has 140 valence electrons. The summed E-state index contributed by atoms with van der Waals surface area (Å²) in [6.07, 6.45) is 1.40. The standard InChI is InChI=1S/C22H21N5O/c1-14-9-10-18(15(2)11-14)16(3)25-21(28)20-12-19(17-7-5-4-6-8-17)26-22-23-13-24-27(20)22/h4-13,16H,1-3H3,(H,25,28)/t16-/m0/s1. The molecule has 1 atom stereocenters. The zero-order valence-electron chi connectivity index (χ0n) is 16.0. The second-order valence-electron chi connectivity index (χ2n) is 6.92. The van der Waals surface area contributed by atoms with E-state index in [1.54, 1.807) is 6.07 Å². The topological polar surface area (TPSA) is 72.2 Å². The van der Waals surface area contributed by atoms with E-state index < -0.39 is 0 Å². The molecule has 0 saturated carbocycles. The largest absolute Gasteiger partial charge is 0.344 e. The van der Waals surface area contributed by atoms with E-state index in [4.69, 9.17) is 0 Å². The number of aromatic nitrogens is 4. The van der Waals surface area contributed by atoms with Gasteiger partial charge in [0.15, 0.2) is 0 Å². The molecule has 6 nitrogen and oxygen atoms in total. The fraction of sp³-hybridized carbons (Fsp3) is 0.182. The fourth-order valence-corrected chi connectivity index (χ4v) is 3.39. The van der Waals surface area contributed by atoms with Crippen LogP contribution in [-0.2, 0) is 0 Å². The molecule has 1 amide bonds. The minimum atomic E-state index is -0.220. The first-order valence-corrected chi connectivity index (χ1v) is 9.17. The van der Waals surface area contributed by atoms with Crippen molar-refractivity contribution in [1.82, 2.24) is 24.9 Å². The molecule has 0 saturated heterocycles. The van der Waals surface area contributed by atoms with Crippen LogP contribution in [0.3, 0.4) is 0 Å². The van der Waals surface area contributed by atoms with Gasteiger partial charge in [0.25, 0.3) is 11.7 Å². The van der Waals surface area contributed by atoms with Crippen molar-refractivity contribution in [2.75, 3.05) is 0 Å². The third-order valence-corrected chi connectivity index (χ3v) is 4.79. The molecule has 4 rings (SSSR count). The van der Waals surface area contributed by atoms with Crippen molar-refractivity contribution in [3.8, 4) is 11.3 Å². The Kier molecular flexibility index (Phi) is 4.61. The van der Waals surface area contributed by atoms with Crippen LogP contribution in [0.2, 0.25) is 0 Å². The Morgan fingerprint density at radius 2 is 1.86 bits per heavy atom. The minimum absolute atomic E-state index is 0.139. The average molecular weight is 371 g/mol. The van der Waals surface area contributed by atoms with Crippen LogP contribution in [0.4, 0.5) is 0 Å². The van der Waals surface area contributed by atoms with Crippen LogP contribution in [0.15, 0.2) is 60.9 Å². The van der Waals surface area contributed by atoms with Crippen molar-refractivity contribution < 1.29 is 4.79 Å². The SMILES string of the molecule is Cc1ccc([C@H](C)NC(=O)c2cc(-c3ccccc3)nc3ncnn23)c(C)c1. The lowest BCUT2D eigenvalue weighted by atomic mass is 10.00. The zero-order valence-corrected chi connectivity index (χ0v) is 16.0. The number of rotatable bonds is 4. The number of carbonyl (C=O) groups excluding carboxylic acids is 1. The van der Waals surface area contributed by atoms with Crippen LogP contribution in [0.25, 0.3) is 17.0 Å². The van der Waals surface area contributed by atoms with Crippen molar-refractivity contribution in [2.24, 2.45) is 0 Å². The lowest BCUT2D eigenvalue weighted by Gasteiger charge is -2.17. The van der Waals surface area contributed by atoms with E-state index in [2.05, 4.69) is 52.4 Å². The minimum Gasteiger partial charge on any atom is -0.344 e. The maximum Gasteiger partial charge on any atom is 0.270 e. The number of fused-ring (bicyclic) bond motifs is 1. The third kappa shape index (κ3) is 3.36. The summed E-state index contributed by atoms with van der Waals surface area (Å²) in [6, 6.07) is 17.6. The van der Waals surface area contributed by atoms with Gasteiger partial charge in [-0.1, -0.05) is 54.1 Å². The van der Waals surface area contributed by atoms with E-state index in [9.17, 15) is 4.79 Å². The Hall–Kier alpha value is -3.54. The number of hydrogen-bond acceptors (Lipinski definition) is 4. The highest BCUT2D eigenvalue weighted by Crippen LogP contribution is 2.21. The highest BCUT2D eigenvalue weighted by Gasteiger charge is 2.18. The molecule has 2 aromatic carbocycles. The van der Waals surface area contributed by atoms with Gasteiger partial charge in [-0.2, -0.15) is 14.6 Å². The number of hydrogen-bond donors (Lipinski definition) is 1. The smallest absolute Gasteiger partial charge is 0.270 e. The lowest BCUT2D eigenvalue weighted by Crippen LogP contribution is -2.29. The Balaban J connectivity index is 1.69. The van der Waals surface area contributed by atoms with Crippen LogP contribution in [0.1, 0.15) is 40.1 Å². The molecule has 0 bridgehead atoms. The molecule has 0 fully saturated rings. The monoisotopic (exact) mass is 371 g/mol. The molecule has 0 radical (unpaired) electrons. The molecular weight excluding hydrogens is 350 g/mol. The molecule has 0 unspecified atom stereocenters. The van der Waals surface area contributed by atoms with Gasteiger partial charge < -0.3 is 5.32 Å². The van der Waals surface area contributed by atoms with Gasteiger partial charge in [-0.25, -0.2) is 4.98 Å². The van der Waals surface area contributed by atoms with Crippen molar-refractivity contribution >= 4 is 11.7 Å². The van der Waals surface area contributed by atoms with Gasteiger partial charge in [0.1, 0.15) is 12.0 Å². The maximum absolute atomic E-state index is 13.1. The van der Waals surface area contributed by atoms with Crippen molar-refractivity contribution in [3.05, 3.63) is 83.3 Å². The summed E-state index contributed by atoms with van der Waals surface area (Å²) in [7, 11) is 0. The first kappa shape index (κ1) is 17.9. The first-order chi connectivity index (χ1) is 13.5. The van der Waals surface area contributed by atoms with E-state index in [1.165, 1.54) is 16.4 Å². The molecule has 0 aliphatic carbocycles. The van der Waals surface area contributed by atoms with E-state index >= 15 is 0 Å². The van der Waals surface area contributed by atoms with E-state index in [-0.39, 0.29) is 11.9 Å². The van der Waals surface area contributed by atoms with Gasteiger partial charge in [0, 0.05) is 5.56 Å². The predicted octanol–water partition coefficient (Wildman–Crippen LogP) is 3.90. The van der Waals surface area contributed by atoms with Gasteiger partial charge in [-0.05, 0) is 38.0 Å². The first-order valence-electron chi connectivity index (χ1n) is 9.17. The second kappa shape index (κ2) is 7.23. The molecule has 2 heterocycles. The van der Waals surface area contributed by atoms with Crippen LogP contribution in [0.5, 0.6) is 0 Å². The number of amides is 1. The van der Waals surface area contributed by atoms with Gasteiger partial charge in [-0.3, -0.25) is 4.79 Å². The Bertz CT molecular complexity index is 1150. The van der Waals surface area contributed by atoms with E-state index in [1.807, 2.05) is 37.3 Å². The molecule has 0 aliphatic heterocycles. The second-order valence-corrected chi connectivity index (χ2v) is 6.92. The van der Waals surface area contributed by atoms with Crippen molar-refractivity contribution in [2.45, 2.75) is 26.8 Å². The quantitative estimate of drug-likeness (QED) is 0.590. The van der Waals surface area contributed by atoms with E-state index in [0.29, 0.717) is 17.2 Å². The molecule has 0 aliphatic rings. The van der Waals surface area contributed by atoms with Gasteiger partial charge in [0.05, 0.1) is 11.7 Å². The summed E-state index contributed by atoms with van der Waals surface area (Å²) in [4.78, 5) is 21.8. The molecule has 0 spiro atoms. The predicted molar refractivity (Wildman–Crippen MR) is 108 cm³/mol. The lowest BCUT2D eigenvalue weighted by molar-refractivity contribution is 0.0932. The highest BCUT2D eigenvalue weighted by molar-refractivity contribution is 5.94. The number of aryl methyl sites for hydroxylation is 2. The maximum atomic E-state index is 13.1. The van der Waals surface area contributed by atoms with Crippen molar-refractivity contribution in [3.63, 3.8) is 0 Å². The molecule has 6 heteroatoms. The Morgan fingerprint density at radius 1 is 1.07 bits per heavy atom. The summed E-state index contributed by atoms with van der Waals surface area (Å²) in [6.45, 7) is 6.09. The molecule has 4 aromatic rings. The average Bonchev–Trinajstić information content (AvgIpc) is 3.16. The van der Waals surface area contributed by atoms with Crippen molar-refractivity contribution in [1.29, 1.82) is 0 Å². The summed E-state index contributed by atoms with van der Waals surface area (Å²) in [5.41, 5.74) is 5.45. The number of nitrogens with one attached hydrogen (secondary N) is 1. The summed E-state index contributed by atoms with van der Waals surface area (Å²) in [5.74, 6) is 0.174. The molecule has 28 heavy (non-hydrogen) atoms. The van der Waals surface area contributed by atoms with E-state index in [0.717, 1.165) is 16.7 Å². The van der Waals surface area contributed by atoms with Gasteiger partial charge >= 0.3 is 0 Å². The highest BCUT2D eigenvalue weighted by atomic mass is 16.2. The number of carbonyl (C=O) groups is 1. The van der Waals surface area contributed by atoms with Gasteiger partial charge in [-0.15, -0.1) is 0 Å². The third-order valence-electron chi connectivity index (χ3n) is 4.79. The summed E-state index contributed by atoms with van der Waals surface area (Å²) < 4.78 is 1.47.